The normalized spacial score (nSPS) is 13.8. The summed E-state index contributed by atoms with van der Waals surface area (Å²) in [6.07, 6.45) is 3.59. The lowest BCUT2D eigenvalue weighted by Crippen LogP contribution is -2.30. The number of hydrogen-bond acceptors (Lipinski definition) is 4. The summed E-state index contributed by atoms with van der Waals surface area (Å²) in [5.41, 5.74) is 0.900. The van der Waals surface area contributed by atoms with Crippen molar-refractivity contribution < 1.29 is 14.2 Å². The van der Waals surface area contributed by atoms with Gasteiger partial charge in [0.25, 0.3) is 0 Å². The molecule has 2 rings (SSSR count). The Morgan fingerprint density at radius 1 is 1.20 bits per heavy atom. The molecular formula is C18H30IN3O3. The van der Waals surface area contributed by atoms with Gasteiger partial charge >= 0.3 is 0 Å². The van der Waals surface area contributed by atoms with E-state index in [0.717, 1.165) is 50.3 Å². The number of nitrogens with one attached hydrogen (secondary N) is 2. The molecule has 1 aromatic carbocycles. The summed E-state index contributed by atoms with van der Waals surface area (Å²) in [4.78, 5) is 4.58. The largest absolute Gasteiger partial charge is 0.493 e. The molecule has 0 aliphatic heterocycles. The number of aliphatic imine (C=N–C) groups is 1. The molecule has 0 bridgehead atoms. The summed E-state index contributed by atoms with van der Waals surface area (Å²) in [7, 11) is 3.25. The first-order valence-electron chi connectivity index (χ1n) is 8.62. The molecule has 2 N–H and O–H groups in total. The van der Waals surface area contributed by atoms with E-state index < -0.39 is 0 Å². The number of hydrogen-bond donors (Lipinski definition) is 2. The van der Waals surface area contributed by atoms with Crippen molar-refractivity contribution in [1.29, 1.82) is 0 Å². The van der Waals surface area contributed by atoms with E-state index in [4.69, 9.17) is 14.2 Å². The molecule has 0 radical (unpaired) electrons. The van der Waals surface area contributed by atoms with Crippen LogP contribution in [-0.4, -0.2) is 46.5 Å². The zero-order valence-corrected chi connectivity index (χ0v) is 17.7. The van der Waals surface area contributed by atoms with Crippen LogP contribution in [0.15, 0.2) is 23.2 Å². The smallest absolute Gasteiger partial charge is 0.195 e. The summed E-state index contributed by atoms with van der Waals surface area (Å²) in [5, 5.41) is 6.53. The van der Waals surface area contributed by atoms with Crippen molar-refractivity contribution in [2.75, 3.05) is 45.8 Å². The van der Waals surface area contributed by atoms with Gasteiger partial charge < -0.3 is 24.8 Å². The molecular weight excluding hydrogens is 433 g/mol. The number of rotatable bonds is 10. The summed E-state index contributed by atoms with van der Waals surface area (Å²) in [6, 6.07) is 5.70. The number of nitrogens with zero attached hydrogens (tertiary/aromatic N) is 1. The maximum Gasteiger partial charge on any atom is 0.195 e. The van der Waals surface area contributed by atoms with Gasteiger partial charge in [-0.15, -0.1) is 24.0 Å². The highest BCUT2D eigenvalue weighted by Crippen LogP contribution is 2.30. The van der Waals surface area contributed by atoms with Gasteiger partial charge in [0.2, 0.25) is 0 Å². The minimum absolute atomic E-state index is 0. The highest BCUT2D eigenvalue weighted by Gasteiger charge is 2.20. The molecule has 25 heavy (non-hydrogen) atoms. The van der Waals surface area contributed by atoms with Crippen LogP contribution in [0.4, 0.5) is 5.69 Å². The molecule has 0 saturated heterocycles. The molecule has 1 saturated carbocycles. The number of guanidine groups is 1. The fraction of sp³-hybridized carbons (Fsp3) is 0.611. The quantitative estimate of drug-likeness (QED) is 0.241. The first-order valence-corrected chi connectivity index (χ1v) is 8.62. The fourth-order valence-electron chi connectivity index (χ4n) is 2.25. The van der Waals surface area contributed by atoms with E-state index in [9.17, 15) is 0 Å². The van der Waals surface area contributed by atoms with Crippen LogP contribution in [0.1, 0.15) is 26.2 Å². The highest BCUT2D eigenvalue weighted by molar-refractivity contribution is 14.0. The van der Waals surface area contributed by atoms with Crippen molar-refractivity contribution in [2.24, 2.45) is 10.9 Å². The predicted molar refractivity (Wildman–Crippen MR) is 113 cm³/mol. The molecule has 0 heterocycles. The first kappa shape index (κ1) is 21.8. The maximum absolute atomic E-state index is 5.63. The van der Waals surface area contributed by atoms with Crippen molar-refractivity contribution in [1.82, 2.24) is 5.32 Å². The van der Waals surface area contributed by atoms with Gasteiger partial charge in [-0.1, -0.05) is 0 Å². The molecule has 1 fully saturated rings. The van der Waals surface area contributed by atoms with Crippen molar-refractivity contribution >= 4 is 35.6 Å². The van der Waals surface area contributed by atoms with E-state index in [2.05, 4.69) is 15.6 Å². The Morgan fingerprint density at radius 3 is 2.60 bits per heavy atom. The van der Waals surface area contributed by atoms with Crippen LogP contribution < -0.4 is 20.1 Å². The molecule has 0 aromatic heterocycles. The van der Waals surface area contributed by atoms with Crippen molar-refractivity contribution in [3.05, 3.63) is 18.2 Å². The average Bonchev–Trinajstić information content (AvgIpc) is 3.42. The van der Waals surface area contributed by atoms with Gasteiger partial charge in [0.1, 0.15) is 0 Å². The molecule has 1 aromatic rings. The van der Waals surface area contributed by atoms with Crippen LogP contribution in [0, 0.1) is 5.92 Å². The first-order chi connectivity index (χ1) is 11.8. The minimum Gasteiger partial charge on any atom is -0.493 e. The number of benzene rings is 1. The standard InChI is InChI=1S/C18H29N3O3.HI/c1-4-19-18(20-10-5-11-24-13-14-6-7-14)21-15-8-9-16(22-2)17(12-15)23-3;/h8-9,12,14H,4-7,10-11,13H2,1-3H3,(H2,19,20,21);1H. The third kappa shape index (κ3) is 8.13. The summed E-state index contributed by atoms with van der Waals surface area (Å²) in [6.45, 7) is 5.26. The minimum atomic E-state index is 0. The van der Waals surface area contributed by atoms with E-state index >= 15 is 0 Å². The van der Waals surface area contributed by atoms with Gasteiger partial charge in [0.15, 0.2) is 17.5 Å². The van der Waals surface area contributed by atoms with Crippen LogP contribution in [0.5, 0.6) is 11.5 Å². The molecule has 0 atom stereocenters. The Balaban J connectivity index is 0.00000312. The Hall–Kier alpha value is -1.22. The van der Waals surface area contributed by atoms with Crippen molar-refractivity contribution in [2.45, 2.75) is 26.2 Å². The zero-order valence-electron chi connectivity index (χ0n) is 15.3. The number of ether oxygens (including phenoxy) is 3. The van der Waals surface area contributed by atoms with Crippen LogP contribution in [0.2, 0.25) is 0 Å². The van der Waals surface area contributed by atoms with Crippen LogP contribution in [0.25, 0.3) is 0 Å². The van der Waals surface area contributed by atoms with Gasteiger partial charge in [-0.25, -0.2) is 0 Å². The lowest BCUT2D eigenvalue weighted by atomic mass is 10.3. The number of methoxy groups -OCH3 is 2. The Labute approximate surface area is 167 Å². The maximum atomic E-state index is 5.63. The van der Waals surface area contributed by atoms with Crippen LogP contribution in [-0.2, 0) is 4.74 Å². The van der Waals surface area contributed by atoms with Crippen molar-refractivity contribution in [3.63, 3.8) is 0 Å². The zero-order chi connectivity index (χ0) is 17.2. The van der Waals surface area contributed by atoms with Gasteiger partial charge in [-0.3, -0.25) is 4.99 Å². The molecule has 0 amide bonds. The van der Waals surface area contributed by atoms with E-state index in [0.29, 0.717) is 11.5 Å². The third-order valence-corrected chi connectivity index (χ3v) is 3.76. The second-order valence-electron chi connectivity index (χ2n) is 5.83. The average molecular weight is 463 g/mol. The molecule has 142 valence electrons. The van der Waals surface area contributed by atoms with E-state index in [1.165, 1.54) is 12.8 Å². The lowest BCUT2D eigenvalue weighted by molar-refractivity contribution is 0.123. The summed E-state index contributed by atoms with van der Waals surface area (Å²) >= 11 is 0. The van der Waals surface area contributed by atoms with Gasteiger partial charge in [-0.05, 0) is 44.2 Å². The summed E-state index contributed by atoms with van der Waals surface area (Å²) in [5.74, 6) is 2.97. The monoisotopic (exact) mass is 463 g/mol. The van der Waals surface area contributed by atoms with E-state index in [1.807, 2.05) is 25.1 Å². The van der Waals surface area contributed by atoms with Crippen LogP contribution in [0.3, 0.4) is 0 Å². The van der Waals surface area contributed by atoms with Gasteiger partial charge in [0.05, 0.1) is 14.2 Å². The Morgan fingerprint density at radius 2 is 1.96 bits per heavy atom. The SMILES string of the molecule is CCNC(=NCCCOCC1CC1)Nc1ccc(OC)c(OC)c1.I. The molecule has 1 aliphatic carbocycles. The van der Waals surface area contributed by atoms with Gasteiger partial charge in [0, 0.05) is 38.1 Å². The molecule has 0 unspecified atom stereocenters. The summed E-state index contributed by atoms with van der Waals surface area (Å²) < 4.78 is 16.2. The Bertz CT molecular complexity index is 536. The van der Waals surface area contributed by atoms with Gasteiger partial charge in [-0.2, -0.15) is 0 Å². The Kier molecular flexibility index (Phi) is 10.6. The topological polar surface area (TPSA) is 64.1 Å². The molecule has 7 heteroatoms. The number of anilines is 1. The molecule has 1 aliphatic rings. The predicted octanol–water partition coefficient (Wildman–Crippen LogP) is 3.52. The second-order valence-corrected chi connectivity index (χ2v) is 5.83. The fourth-order valence-corrected chi connectivity index (χ4v) is 2.25. The van der Waals surface area contributed by atoms with E-state index in [-0.39, 0.29) is 24.0 Å². The van der Waals surface area contributed by atoms with Crippen LogP contribution >= 0.6 is 24.0 Å². The third-order valence-electron chi connectivity index (χ3n) is 3.76. The molecule has 6 nitrogen and oxygen atoms in total. The number of halogens is 1. The second kappa shape index (κ2) is 12.2. The van der Waals surface area contributed by atoms with E-state index in [1.54, 1.807) is 14.2 Å². The highest BCUT2D eigenvalue weighted by atomic mass is 127. The lowest BCUT2D eigenvalue weighted by Gasteiger charge is -2.13. The van der Waals surface area contributed by atoms with Crippen molar-refractivity contribution in [3.8, 4) is 11.5 Å². The molecule has 0 spiro atoms.